The molecule has 0 N–H and O–H groups in total. The number of ether oxygens (including phenoxy) is 2. The summed E-state index contributed by atoms with van der Waals surface area (Å²) in [5.41, 5.74) is -0.222. The lowest BCUT2D eigenvalue weighted by atomic mass is 10.1. The number of halogens is 1. The molecule has 2 rings (SSSR count). The number of thiophene rings is 1. The number of rotatable bonds is 1. The van der Waals surface area contributed by atoms with Crippen LogP contribution in [-0.4, -0.2) is 13.2 Å². The van der Waals surface area contributed by atoms with Crippen LogP contribution in [0.4, 0.5) is 0 Å². The average Bonchev–Trinajstić information content (AvgIpc) is 2.74. The highest BCUT2D eigenvalue weighted by Crippen LogP contribution is 2.50. The van der Waals surface area contributed by atoms with E-state index in [1.807, 2.05) is 6.07 Å². The van der Waals surface area contributed by atoms with Gasteiger partial charge in [0.05, 0.1) is 4.88 Å². The van der Waals surface area contributed by atoms with E-state index in [0.29, 0.717) is 33.4 Å². The fraction of sp³-hybridized carbons (Fsp3) is 0.182. The Balaban J connectivity index is 2.67. The maximum atomic E-state index is 9.11. The van der Waals surface area contributed by atoms with Crippen LogP contribution < -0.4 is 9.47 Å². The van der Waals surface area contributed by atoms with Gasteiger partial charge < -0.3 is 9.47 Å². The normalized spacial score (nSPS) is 11.9. The van der Waals surface area contributed by atoms with Gasteiger partial charge in [0, 0.05) is 0 Å². The molecule has 0 radical (unpaired) electrons. The van der Waals surface area contributed by atoms with Crippen LogP contribution in [0.25, 0.3) is 5.57 Å². The van der Waals surface area contributed by atoms with E-state index < -0.39 is 0 Å². The van der Waals surface area contributed by atoms with E-state index in [4.69, 9.17) is 25.3 Å². The average molecular weight is 322 g/mol. The van der Waals surface area contributed by atoms with Gasteiger partial charge in [-0.3, -0.25) is 0 Å². The van der Waals surface area contributed by atoms with Crippen molar-refractivity contribution in [2.75, 3.05) is 13.2 Å². The highest BCUT2D eigenvalue weighted by Gasteiger charge is 2.27. The third kappa shape index (κ3) is 1.93. The fourth-order valence-corrected chi connectivity index (χ4v) is 3.13. The molecule has 88 valence electrons. The van der Waals surface area contributed by atoms with E-state index in [1.165, 1.54) is 11.3 Å². The SMILES string of the molecule is N#CC(C#N)=C(C#N)c1sc(Br)c2c1OCCO2. The molecule has 0 unspecified atom stereocenters. The summed E-state index contributed by atoms with van der Waals surface area (Å²) < 4.78 is 11.5. The summed E-state index contributed by atoms with van der Waals surface area (Å²) in [4.78, 5) is 0.442. The minimum atomic E-state index is -0.233. The smallest absolute Gasteiger partial charge is 0.187 e. The molecule has 1 aliphatic rings. The highest BCUT2D eigenvalue weighted by molar-refractivity contribution is 9.11. The van der Waals surface area contributed by atoms with Crippen LogP contribution in [0.2, 0.25) is 0 Å². The van der Waals surface area contributed by atoms with Gasteiger partial charge in [0.1, 0.15) is 46.4 Å². The lowest BCUT2D eigenvalue weighted by molar-refractivity contribution is 0.172. The molecule has 7 heteroatoms. The van der Waals surface area contributed by atoms with Crippen molar-refractivity contribution in [2.24, 2.45) is 0 Å². The standard InChI is InChI=1S/C11H4BrN3O2S/c12-11-9-8(16-1-2-17-9)10(18-11)7(5-15)6(3-13)4-14/h1-2H2. The number of hydrogen-bond acceptors (Lipinski definition) is 6. The molecular weight excluding hydrogens is 318 g/mol. The van der Waals surface area contributed by atoms with Crippen LogP contribution in [0.1, 0.15) is 4.88 Å². The topological polar surface area (TPSA) is 89.8 Å². The monoisotopic (exact) mass is 321 g/mol. The maximum absolute atomic E-state index is 9.11. The van der Waals surface area contributed by atoms with E-state index in [0.717, 1.165) is 0 Å². The van der Waals surface area contributed by atoms with Gasteiger partial charge in [-0.15, -0.1) is 11.3 Å². The van der Waals surface area contributed by atoms with E-state index in [-0.39, 0.29) is 11.1 Å². The van der Waals surface area contributed by atoms with Gasteiger partial charge in [-0.25, -0.2) is 0 Å². The van der Waals surface area contributed by atoms with Gasteiger partial charge in [-0.05, 0) is 15.9 Å². The molecule has 0 amide bonds. The molecule has 0 aliphatic carbocycles. The van der Waals surface area contributed by atoms with E-state index in [1.54, 1.807) is 12.1 Å². The molecule has 1 aromatic rings. The molecule has 0 saturated carbocycles. The van der Waals surface area contributed by atoms with Crippen molar-refractivity contribution in [1.82, 2.24) is 0 Å². The number of hydrogen-bond donors (Lipinski definition) is 0. The summed E-state index contributed by atoms with van der Waals surface area (Å²) in [7, 11) is 0. The van der Waals surface area contributed by atoms with Crippen molar-refractivity contribution in [2.45, 2.75) is 0 Å². The lowest BCUT2D eigenvalue weighted by Gasteiger charge is -2.16. The predicted octanol–water partition coefficient (Wildman–Crippen LogP) is 2.61. The summed E-state index contributed by atoms with van der Waals surface area (Å²) in [5.74, 6) is 0.932. The minimum absolute atomic E-state index is 0.0115. The first-order valence-corrected chi connectivity index (χ1v) is 6.36. The molecule has 0 saturated heterocycles. The zero-order valence-electron chi connectivity index (χ0n) is 8.86. The van der Waals surface area contributed by atoms with Gasteiger partial charge in [-0.1, -0.05) is 0 Å². The molecule has 1 aromatic heterocycles. The summed E-state index contributed by atoms with van der Waals surface area (Å²) in [6.07, 6.45) is 0. The third-order valence-corrected chi connectivity index (χ3v) is 3.98. The van der Waals surface area contributed by atoms with Crippen LogP contribution in [0.3, 0.4) is 0 Å². The van der Waals surface area contributed by atoms with Gasteiger partial charge in [0.2, 0.25) is 0 Å². The molecule has 1 aliphatic heterocycles. The molecule has 18 heavy (non-hydrogen) atoms. The predicted molar refractivity (Wildman–Crippen MR) is 66.8 cm³/mol. The van der Waals surface area contributed by atoms with E-state index >= 15 is 0 Å². The van der Waals surface area contributed by atoms with Crippen molar-refractivity contribution >= 4 is 32.8 Å². The Bertz CT molecular complexity index is 642. The zero-order chi connectivity index (χ0) is 13.1. The van der Waals surface area contributed by atoms with Gasteiger partial charge in [0.25, 0.3) is 0 Å². The Morgan fingerprint density at radius 1 is 1.06 bits per heavy atom. The Kier molecular flexibility index (Phi) is 3.53. The van der Waals surface area contributed by atoms with Crippen molar-refractivity contribution in [1.29, 1.82) is 15.8 Å². The van der Waals surface area contributed by atoms with Crippen molar-refractivity contribution in [3.8, 4) is 29.7 Å². The van der Waals surface area contributed by atoms with E-state index in [9.17, 15) is 0 Å². The number of allylic oxidation sites excluding steroid dienone is 2. The molecule has 2 heterocycles. The zero-order valence-corrected chi connectivity index (χ0v) is 11.3. The van der Waals surface area contributed by atoms with Crippen LogP contribution >= 0.6 is 27.3 Å². The first-order valence-electron chi connectivity index (χ1n) is 4.75. The largest absolute Gasteiger partial charge is 0.485 e. The first-order chi connectivity index (χ1) is 8.72. The Morgan fingerprint density at radius 2 is 1.67 bits per heavy atom. The van der Waals surface area contributed by atoms with Crippen LogP contribution in [0, 0.1) is 34.0 Å². The van der Waals surface area contributed by atoms with E-state index in [2.05, 4.69) is 15.9 Å². The Labute approximate surface area is 115 Å². The summed E-state index contributed by atoms with van der Waals surface area (Å²) in [5, 5.41) is 26.8. The third-order valence-electron chi connectivity index (χ3n) is 2.17. The number of nitriles is 3. The minimum Gasteiger partial charge on any atom is -0.485 e. The highest BCUT2D eigenvalue weighted by atomic mass is 79.9. The maximum Gasteiger partial charge on any atom is 0.187 e. The molecule has 5 nitrogen and oxygen atoms in total. The van der Waals surface area contributed by atoms with Crippen molar-refractivity contribution in [3.63, 3.8) is 0 Å². The summed E-state index contributed by atoms with van der Waals surface area (Å²) in [6.45, 7) is 0.799. The second-order valence-electron chi connectivity index (χ2n) is 3.15. The summed E-state index contributed by atoms with van der Waals surface area (Å²) >= 11 is 4.51. The van der Waals surface area contributed by atoms with Crippen LogP contribution in [-0.2, 0) is 0 Å². The second-order valence-corrected chi connectivity index (χ2v) is 5.48. The summed E-state index contributed by atoms with van der Waals surface area (Å²) in [6, 6.07) is 5.29. The van der Waals surface area contributed by atoms with Gasteiger partial charge in [0.15, 0.2) is 11.5 Å². The Morgan fingerprint density at radius 3 is 2.22 bits per heavy atom. The molecular formula is C11H4BrN3O2S. The molecule has 0 fully saturated rings. The Hall–Kier alpha value is -2.01. The quantitative estimate of drug-likeness (QED) is 0.741. The molecule has 0 spiro atoms. The van der Waals surface area contributed by atoms with Gasteiger partial charge in [-0.2, -0.15) is 15.8 Å². The molecule has 0 bridgehead atoms. The fourth-order valence-electron chi connectivity index (χ4n) is 1.44. The molecule has 0 aromatic carbocycles. The first kappa shape index (κ1) is 12.4. The van der Waals surface area contributed by atoms with Crippen molar-refractivity contribution in [3.05, 3.63) is 14.2 Å². The van der Waals surface area contributed by atoms with Crippen LogP contribution in [0.15, 0.2) is 9.36 Å². The van der Waals surface area contributed by atoms with Crippen molar-refractivity contribution < 1.29 is 9.47 Å². The lowest BCUT2D eigenvalue weighted by Crippen LogP contribution is -2.15. The second kappa shape index (κ2) is 5.10. The van der Waals surface area contributed by atoms with Crippen LogP contribution in [0.5, 0.6) is 11.5 Å². The number of nitrogens with zero attached hydrogens (tertiary/aromatic N) is 3. The molecule has 0 atom stereocenters. The van der Waals surface area contributed by atoms with Gasteiger partial charge >= 0.3 is 0 Å². The number of fused-ring (bicyclic) bond motifs is 1.